The highest BCUT2D eigenvalue weighted by Gasteiger charge is 2.32. The highest BCUT2D eigenvalue weighted by Crippen LogP contribution is 2.19. The molecule has 8 N–H and O–H groups in total. The molecule has 1 heterocycles. The normalized spacial score (nSPS) is 14.3. The van der Waals surface area contributed by atoms with E-state index in [4.69, 9.17) is 10.8 Å². The SMILES string of the molecule is CCC(C)C(NC(=O)C(CCC(=O)O)NC(=O)CN)C(=O)NC(Cc1c[nH]c2ccccc12)C(=O)O. The van der Waals surface area contributed by atoms with Gasteiger partial charge in [0.25, 0.3) is 0 Å². The van der Waals surface area contributed by atoms with E-state index in [0.29, 0.717) is 12.0 Å². The third-order valence-corrected chi connectivity index (χ3v) is 5.99. The molecule has 0 aliphatic heterocycles. The van der Waals surface area contributed by atoms with Crippen LogP contribution in [-0.2, 0) is 30.4 Å². The van der Waals surface area contributed by atoms with Crippen LogP contribution in [0.4, 0.5) is 0 Å². The molecule has 0 fully saturated rings. The molecule has 4 unspecified atom stereocenters. The van der Waals surface area contributed by atoms with Crippen LogP contribution in [0.3, 0.4) is 0 Å². The Labute approximate surface area is 208 Å². The Kier molecular flexibility index (Phi) is 10.4. The Morgan fingerprint density at radius 3 is 2.31 bits per heavy atom. The molecule has 4 atom stereocenters. The number of carboxylic acid groups (broad SMARTS) is 2. The second-order valence-corrected chi connectivity index (χ2v) is 8.59. The summed E-state index contributed by atoms with van der Waals surface area (Å²) in [6.45, 7) is 3.11. The first kappa shape index (κ1) is 28.3. The van der Waals surface area contributed by atoms with Crippen molar-refractivity contribution in [2.24, 2.45) is 11.7 Å². The lowest BCUT2D eigenvalue weighted by Crippen LogP contribution is -2.58. The van der Waals surface area contributed by atoms with Crippen LogP contribution in [0.15, 0.2) is 30.5 Å². The quantitative estimate of drug-likeness (QED) is 0.188. The summed E-state index contributed by atoms with van der Waals surface area (Å²) in [7, 11) is 0. The summed E-state index contributed by atoms with van der Waals surface area (Å²) < 4.78 is 0. The van der Waals surface area contributed by atoms with E-state index in [1.807, 2.05) is 24.3 Å². The molecule has 196 valence electrons. The summed E-state index contributed by atoms with van der Waals surface area (Å²) in [5.74, 6) is -4.91. The number of H-pyrrole nitrogens is 1. The summed E-state index contributed by atoms with van der Waals surface area (Å²) >= 11 is 0. The summed E-state index contributed by atoms with van der Waals surface area (Å²) in [5, 5.41) is 27.0. The predicted octanol–water partition coefficient (Wildman–Crippen LogP) is 0.119. The fraction of sp³-hybridized carbons (Fsp3) is 0.458. The van der Waals surface area contributed by atoms with Crippen LogP contribution < -0.4 is 21.7 Å². The Morgan fingerprint density at radius 1 is 1.00 bits per heavy atom. The average Bonchev–Trinajstić information content (AvgIpc) is 3.26. The van der Waals surface area contributed by atoms with Gasteiger partial charge >= 0.3 is 11.9 Å². The number of rotatable bonds is 14. The summed E-state index contributed by atoms with van der Waals surface area (Å²) in [4.78, 5) is 63.8. The van der Waals surface area contributed by atoms with Crippen LogP contribution in [-0.4, -0.2) is 69.5 Å². The predicted molar refractivity (Wildman–Crippen MR) is 131 cm³/mol. The van der Waals surface area contributed by atoms with Crippen molar-refractivity contribution < 1.29 is 34.2 Å². The number of hydrogen-bond donors (Lipinski definition) is 7. The van der Waals surface area contributed by atoms with Crippen LogP contribution in [0.2, 0.25) is 0 Å². The van der Waals surface area contributed by atoms with Crippen LogP contribution in [0.5, 0.6) is 0 Å². The fourth-order valence-corrected chi connectivity index (χ4v) is 3.73. The largest absolute Gasteiger partial charge is 0.481 e. The Bertz CT molecular complexity index is 1100. The third-order valence-electron chi connectivity index (χ3n) is 5.99. The zero-order valence-corrected chi connectivity index (χ0v) is 20.2. The molecule has 12 nitrogen and oxygen atoms in total. The molecule has 0 aliphatic carbocycles. The number of carboxylic acids is 2. The van der Waals surface area contributed by atoms with Crippen molar-refractivity contribution in [3.05, 3.63) is 36.0 Å². The number of benzene rings is 1. The molecule has 2 aromatic rings. The molecular formula is C24H33N5O7. The lowest BCUT2D eigenvalue weighted by Gasteiger charge is -2.27. The molecule has 1 aromatic heterocycles. The lowest BCUT2D eigenvalue weighted by atomic mass is 9.96. The van der Waals surface area contributed by atoms with Gasteiger partial charge in [0.1, 0.15) is 18.1 Å². The number of fused-ring (bicyclic) bond motifs is 1. The third kappa shape index (κ3) is 7.80. The minimum Gasteiger partial charge on any atom is -0.481 e. The molecule has 0 radical (unpaired) electrons. The van der Waals surface area contributed by atoms with E-state index in [9.17, 15) is 29.1 Å². The lowest BCUT2D eigenvalue weighted by molar-refractivity contribution is -0.142. The van der Waals surface area contributed by atoms with E-state index < -0.39 is 60.8 Å². The van der Waals surface area contributed by atoms with E-state index in [2.05, 4.69) is 20.9 Å². The average molecular weight is 504 g/mol. The summed E-state index contributed by atoms with van der Waals surface area (Å²) in [5.41, 5.74) is 6.83. The molecule has 0 saturated carbocycles. The Hall–Kier alpha value is -3.93. The second-order valence-electron chi connectivity index (χ2n) is 8.59. The van der Waals surface area contributed by atoms with Gasteiger partial charge in [-0.05, 0) is 24.0 Å². The van der Waals surface area contributed by atoms with Gasteiger partial charge in [0, 0.05) is 29.9 Å². The zero-order valence-electron chi connectivity index (χ0n) is 20.2. The summed E-state index contributed by atoms with van der Waals surface area (Å²) in [6.07, 6.45) is 1.58. The number of nitrogens with two attached hydrogens (primary N) is 1. The van der Waals surface area contributed by atoms with Crippen molar-refractivity contribution in [3.8, 4) is 0 Å². The van der Waals surface area contributed by atoms with Gasteiger partial charge in [-0.3, -0.25) is 19.2 Å². The minimum absolute atomic E-state index is 0.0139. The molecule has 3 amide bonds. The van der Waals surface area contributed by atoms with E-state index in [1.165, 1.54) is 0 Å². The van der Waals surface area contributed by atoms with E-state index >= 15 is 0 Å². The van der Waals surface area contributed by atoms with Crippen molar-refractivity contribution in [2.75, 3.05) is 6.54 Å². The van der Waals surface area contributed by atoms with Crippen LogP contribution in [0, 0.1) is 5.92 Å². The zero-order chi connectivity index (χ0) is 26.8. The first-order chi connectivity index (χ1) is 17.1. The van der Waals surface area contributed by atoms with Crippen LogP contribution in [0.1, 0.15) is 38.7 Å². The van der Waals surface area contributed by atoms with Gasteiger partial charge in [-0.25, -0.2) is 4.79 Å². The van der Waals surface area contributed by atoms with Crippen molar-refractivity contribution in [1.82, 2.24) is 20.9 Å². The molecule has 0 saturated heterocycles. The monoisotopic (exact) mass is 503 g/mol. The maximum absolute atomic E-state index is 13.2. The Morgan fingerprint density at radius 2 is 1.69 bits per heavy atom. The van der Waals surface area contributed by atoms with Crippen LogP contribution in [0.25, 0.3) is 10.9 Å². The van der Waals surface area contributed by atoms with Gasteiger partial charge in [-0.1, -0.05) is 38.5 Å². The molecule has 0 aliphatic rings. The number of aromatic nitrogens is 1. The first-order valence-electron chi connectivity index (χ1n) is 11.7. The number of hydrogen-bond acceptors (Lipinski definition) is 6. The molecule has 2 rings (SSSR count). The fourth-order valence-electron chi connectivity index (χ4n) is 3.73. The number of aliphatic carboxylic acids is 2. The van der Waals surface area contributed by atoms with Crippen LogP contribution >= 0.6 is 0 Å². The number of amides is 3. The maximum atomic E-state index is 13.2. The van der Waals surface area contributed by atoms with Crippen molar-refractivity contribution >= 4 is 40.6 Å². The number of nitrogens with one attached hydrogen (secondary N) is 4. The Balaban J connectivity index is 2.19. The van der Waals surface area contributed by atoms with E-state index in [-0.39, 0.29) is 18.8 Å². The van der Waals surface area contributed by atoms with Gasteiger partial charge in [-0.15, -0.1) is 0 Å². The standard InChI is InChI=1S/C24H33N5O7/c1-3-13(2)21(29-22(33)17(8-9-20(31)32)27-19(30)11-25)23(34)28-18(24(35)36)10-14-12-26-16-7-5-4-6-15(14)16/h4-7,12-13,17-18,21,26H,3,8-11,25H2,1-2H3,(H,27,30)(H,28,34)(H,29,33)(H,31,32)(H,35,36). The van der Waals surface area contributed by atoms with Gasteiger partial charge in [-0.2, -0.15) is 0 Å². The van der Waals surface area contributed by atoms with E-state index in [1.54, 1.807) is 20.0 Å². The molecule has 0 bridgehead atoms. The molecule has 1 aromatic carbocycles. The minimum atomic E-state index is -1.26. The highest BCUT2D eigenvalue weighted by atomic mass is 16.4. The van der Waals surface area contributed by atoms with Crippen molar-refractivity contribution in [3.63, 3.8) is 0 Å². The number of para-hydroxylation sites is 1. The van der Waals surface area contributed by atoms with Gasteiger partial charge in [0.2, 0.25) is 17.7 Å². The highest BCUT2D eigenvalue weighted by molar-refractivity contribution is 5.94. The van der Waals surface area contributed by atoms with E-state index in [0.717, 1.165) is 10.9 Å². The van der Waals surface area contributed by atoms with Gasteiger partial charge < -0.3 is 36.9 Å². The first-order valence-corrected chi connectivity index (χ1v) is 11.7. The number of aromatic amines is 1. The number of carbonyl (C=O) groups excluding carboxylic acids is 3. The smallest absolute Gasteiger partial charge is 0.326 e. The molecule has 0 spiro atoms. The maximum Gasteiger partial charge on any atom is 0.326 e. The summed E-state index contributed by atoms with van der Waals surface area (Å²) in [6, 6.07) is 3.76. The van der Waals surface area contributed by atoms with Crippen molar-refractivity contribution in [2.45, 2.75) is 57.7 Å². The number of carbonyl (C=O) groups is 5. The molecular weight excluding hydrogens is 470 g/mol. The molecule has 36 heavy (non-hydrogen) atoms. The topological polar surface area (TPSA) is 204 Å². The second kappa shape index (κ2) is 13.2. The van der Waals surface area contributed by atoms with Crippen molar-refractivity contribution in [1.29, 1.82) is 0 Å². The van der Waals surface area contributed by atoms with Gasteiger partial charge in [0.15, 0.2) is 0 Å². The van der Waals surface area contributed by atoms with Gasteiger partial charge in [0.05, 0.1) is 6.54 Å². The molecule has 12 heteroatoms.